The summed E-state index contributed by atoms with van der Waals surface area (Å²) in [7, 11) is 0. The average molecular weight is 356 g/mol. The fourth-order valence-electron chi connectivity index (χ4n) is 3.33. The lowest BCUT2D eigenvalue weighted by Crippen LogP contribution is -2.55. The summed E-state index contributed by atoms with van der Waals surface area (Å²) in [6, 6.07) is 14.9. The zero-order valence-electron chi connectivity index (χ0n) is 13.9. The third-order valence-electron chi connectivity index (χ3n) is 4.77. The minimum Gasteiger partial charge on any atom is -0.394 e. The third-order valence-corrected chi connectivity index (χ3v) is 4.77. The zero-order valence-corrected chi connectivity index (χ0v) is 13.9. The average Bonchev–Trinajstić information content (AvgIpc) is 3.11. The van der Waals surface area contributed by atoms with Crippen molar-refractivity contribution in [3.05, 3.63) is 54.1 Å². The van der Waals surface area contributed by atoms with E-state index in [4.69, 9.17) is 4.74 Å². The zero-order chi connectivity index (χ0) is 18.3. The van der Waals surface area contributed by atoms with Crippen molar-refractivity contribution >= 4 is 11.0 Å². The fourth-order valence-corrected chi connectivity index (χ4v) is 3.33. The number of hydrogen-bond acceptors (Lipinski definition) is 6. The number of fused-ring (bicyclic) bond motifs is 1. The second-order valence-corrected chi connectivity index (χ2v) is 6.48. The van der Waals surface area contributed by atoms with Crippen molar-refractivity contribution in [1.29, 1.82) is 0 Å². The Labute approximate surface area is 149 Å². The van der Waals surface area contributed by atoms with Crippen molar-refractivity contribution in [2.45, 2.75) is 30.5 Å². The van der Waals surface area contributed by atoms with Crippen LogP contribution in [0.5, 0.6) is 0 Å². The summed E-state index contributed by atoms with van der Waals surface area (Å²) in [5, 5.41) is 39.6. The van der Waals surface area contributed by atoms with E-state index < -0.39 is 37.1 Å². The Bertz CT molecular complexity index is 877. The lowest BCUT2D eigenvalue weighted by molar-refractivity contribution is -0.231. The molecule has 0 bridgehead atoms. The molecule has 0 saturated carbocycles. The van der Waals surface area contributed by atoms with Gasteiger partial charge in [-0.1, -0.05) is 30.3 Å². The van der Waals surface area contributed by atoms with Gasteiger partial charge in [-0.25, -0.2) is 4.98 Å². The quantitative estimate of drug-likeness (QED) is 0.472. The molecule has 1 saturated heterocycles. The van der Waals surface area contributed by atoms with Crippen LogP contribution in [0.1, 0.15) is 11.7 Å². The van der Waals surface area contributed by atoms with Gasteiger partial charge in [0, 0.05) is 5.56 Å². The molecule has 0 radical (unpaired) electrons. The van der Waals surface area contributed by atoms with Gasteiger partial charge in [0.25, 0.3) is 0 Å². The molecule has 3 aromatic rings. The number of nitrogens with zero attached hydrogens (tertiary/aromatic N) is 1. The first-order valence-corrected chi connectivity index (χ1v) is 8.44. The number of aliphatic hydroxyl groups excluding tert-OH is 4. The number of aliphatic hydroxyl groups is 4. The van der Waals surface area contributed by atoms with Gasteiger partial charge in [-0.15, -0.1) is 0 Å². The molecule has 5 atom stereocenters. The highest BCUT2D eigenvalue weighted by Crippen LogP contribution is 2.34. The summed E-state index contributed by atoms with van der Waals surface area (Å²) in [6.07, 6.45) is -5.88. The van der Waals surface area contributed by atoms with Crippen LogP contribution in [0.2, 0.25) is 0 Å². The molecule has 2 aromatic carbocycles. The van der Waals surface area contributed by atoms with Gasteiger partial charge in [0.1, 0.15) is 36.3 Å². The number of imidazole rings is 1. The minimum atomic E-state index is -1.40. The van der Waals surface area contributed by atoms with E-state index in [9.17, 15) is 20.4 Å². The Morgan fingerprint density at radius 3 is 2.54 bits per heavy atom. The maximum absolute atomic E-state index is 10.3. The number of para-hydroxylation sites is 2. The number of aromatic amines is 1. The van der Waals surface area contributed by atoms with E-state index >= 15 is 0 Å². The van der Waals surface area contributed by atoms with Gasteiger partial charge in [-0.05, 0) is 23.8 Å². The van der Waals surface area contributed by atoms with E-state index in [0.717, 1.165) is 16.6 Å². The number of rotatable bonds is 3. The second-order valence-electron chi connectivity index (χ2n) is 6.48. The van der Waals surface area contributed by atoms with Crippen molar-refractivity contribution in [2.24, 2.45) is 0 Å². The van der Waals surface area contributed by atoms with E-state index in [0.29, 0.717) is 11.4 Å². The summed E-state index contributed by atoms with van der Waals surface area (Å²) in [5.41, 5.74) is 3.19. The van der Waals surface area contributed by atoms with Gasteiger partial charge >= 0.3 is 0 Å². The second kappa shape index (κ2) is 6.79. The van der Waals surface area contributed by atoms with Crippen LogP contribution in [0, 0.1) is 0 Å². The summed E-state index contributed by atoms with van der Waals surface area (Å²) in [5.74, 6) is 0.678. The van der Waals surface area contributed by atoms with Crippen LogP contribution in [-0.4, -0.2) is 61.4 Å². The summed E-state index contributed by atoms with van der Waals surface area (Å²) >= 11 is 0. The molecule has 0 aliphatic carbocycles. The standard InChI is InChI=1S/C19H20N2O5/c22-9-14-15(23)16(24)17(25)18(26-14)10-4-3-5-11(8-10)19-20-12-6-1-2-7-13(12)21-19/h1-8,14-18,22-25H,9H2,(H,20,21)/t14-,15-,16+,17+,18-/m1/s1. The van der Waals surface area contributed by atoms with E-state index in [1.54, 1.807) is 12.1 Å². The Kier molecular flexibility index (Phi) is 4.47. The summed E-state index contributed by atoms with van der Waals surface area (Å²) in [6.45, 7) is -0.454. The predicted octanol–water partition coefficient (Wildman–Crippen LogP) is 0.745. The fraction of sp³-hybridized carbons (Fsp3) is 0.316. The summed E-state index contributed by atoms with van der Waals surface area (Å²) < 4.78 is 5.63. The van der Waals surface area contributed by atoms with Crippen LogP contribution in [0.15, 0.2) is 48.5 Å². The smallest absolute Gasteiger partial charge is 0.138 e. The molecular formula is C19H20N2O5. The SMILES string of the molecule is OC[C@H]1O[C@H](c2cccc(-c3nc4ccccc4[nH]3)c2)[C@@H](O)[C@@H](O)[C@@H]1O. The maximum Gasteiger partial charge on any atom is 0.138 e. The van der Waals surface area contributed by atoms with E-state index in [-0.39, 0.29) is 0 Å². The molecule has 7 heteroatoms. The molecule has 1 aromatic heterocycles. The topological polar surface area (TPSA) is 119 Å². The Balaban J connectivity index is 1.69. The maximum atomic E-state index is 10.3. The summed E-state index contributed by atoms with van der Waals surface area (Å²) in [4.78, 5) is 7.80. The van der Waals surface area contributed by atoms with Gasteiger partial charge in [-0.3, -0.25) is 0 Å². The molecule has 1 fully saturated rings. The molecule has 1 aliphatic rings. The van der Waals surface area contributed by atoms with Crippen molar-refractivity contribution in [3.63, 3.8) is 0 Å². The molecule has 5 N–H and O–H groups in total. The van der Waals surface area contributed by atoms with Gasteiger partial charge in [0.2, 0.25) is 0 Å². The molecular weight excluding hydrogens is 336 g/mol. The minimum absolute atomic E-state index is 0.454. The molecule has 0 unspecified atom stereocenters. The normalized spacial score (nSPS) is 29.2. The van der Waals surface area contributed by atoms with E-state index in [2.05, 4.69) is 9.97 Å². The van der Waals surface area contributed by atoms with Crippen LogP contribution in [-0.2, 0) is 4.74 Å². The highest BCUT2D eigenvalue weighted by Gasteiger charge is 2.43. The van der Waals surface area contributed by atoms with Crippen LogP contribution in [0.3, 0.4) is 0 Å². The van der Waals surface area contributed by atoms with E-state index in [1.807, 2.05) is 36.4 Å². The predicted molar refractivity (Wildman–Crippen MR) is 94.2 cm³/mol. The molecule has 4 rings (SSSR count). The number of H-pyrrole nitrogens is 1. The largest absolute Gasteiger partial charge is 0.394 e. The highest BCUT2D eigenvalue weighted by atomic mass is 16.5. The van der Waals surface area contributed by atoms with Crippen molar-refractivity contribution in [1.82, 2.24) is 9.97 Å². The number of aromatic nitrogens is 2. The molecule has 0 spiro atoms. The monoisotopic (exact) mass is 356 g/mol. The van der Waals surface area contributed by atoms with Crippen LogP contribution >= 0.6 is 0 Å². The number of hydrogen-bond donors (Lipinski definition) is 5. The first-order chi connectivity index (χ1) is 12.6. The molecule has 136 valence electrons. The molecule has 26 heavy (non-hydrogen) atoms. The lowest BCUT2D eigenvalue weighted by atomic mass is 9.90. The molecule has 7 nitrogen and oxygen atoms in total. The molecule has 2 heterocycles. The van der Waals surface area contributed by atoms with Crippen LogP contribution in [0.4, 0.5) is 0 Å². The van der Waals surface area contributed by atoms with Crippen molar-refractivity contribution in [2.75, 3.05) is 6.61 Å². The van der Waals surface area contributed by atoms with Gasteiger partial charge in [0.15, 0.2) is 0 Å². The van der Waals surface area contributed by atoms with Gasteiger partial charge < -0.3 is 30.1 Å². The molecule has 0 amide bonds. The Morgan fingerprint density at radius 2 is 1.77 bits per heavy atom. The highest BCUT2D eigenvalue weighted by molar-refractivity contribution is 5.79. The van der Waals surface area contributed by atoms with Crippen molar-refractivity contribution < 1.29 is 25.2 Å². The third kappa shape index (κ3) is 2.90. The Hall–Kier alpha value is -2.29. The van der Waals surface area contributed by atoms with Gasteiger partial charge in [-0.2, -0.15) is 0 Å². The van der Waals surface area contributed by atoms with Crippen molar-refractivity contribution in [3.8, 4) is 11.4 Å². The van der Waals surface area contributed by atoms with Crippen LogP contribution in [0.25, 0.3) is 22.4 Å². The van der Waals surface area contributed by atoms with E-state index in [1.165, 1.54) is 0 Å². The number of benzene rings is 2. The Morgan fingerprint density at radius 1 is 0.962 bits per heavy atom. The number of nitrogens with one attached hydrogen (secondary N) is 1. The first kappa shape index (κ1) is 17.1. The first-order valence-electron chi connectivity index (χ1n) is 8.44. The van der Waals surface area contributed by atoms with Crippen LogP contribution < -0.4 is 0 Å². The number of ether oxygens (including phenoxy) is 1. The van der Waals surface area contributed by atoms with Gasteiger partial charge in [0.05, 0.1) is 17.6 Å². The lowest BCUT2D eigenvalue weighted by Gasteiger charge is -2.40. The molecule has 1 aliphatic heterocycles.